The topological polar surface area (TPSA) is 74.6 Å². The largest absolute Gasteiger partial charge is 0.468 e. The number of rotatable bonds is 6. The molecule has 0 spiro atoms. The SMILES string of the molecule is CN(C)C(CNC(=O)C(=O)NCc1ccc(F)cc1)c1ccco1. The van der Waals surface area contributed by atoms with Gasteiger partial charge >= 0.3 is 11.8 Å². The first-order valence-electron chi connectivity index (χ1n) is 7.47. The molecule has 0 aliphatic rings. The van der Waals surface area contributed by atoms with E-state index in [1.807, 2.05) is 25.1 Å². The molecule has 1 atom stereocenters. The zero-order valence-electron chi connectivity index (χ0n) is 13.6. The molecule has 24 heavy (non-hydrogen) atoms. The first kappa shape index (κ1) is 17.7. The monoisotopic (exact) mass is 333 g/mol. The number of amides is 2. The first-order valence-corrected chi connectivity index (χ1v) is 7.47. The van der Waals surface area contributed by atoms with E-state index in [1.54, 1.807) is 24.5 Å². The molecule has 128 valence electrons. The quantitative estimate of drug-likeness (QED) is 0.785. The van der Waals surface area contributed by atoms with Crippen molar-refractivity contribution in [3.63, 3.8) is 0 Å². The Morgan fingerprint density at radius 3 is 2.38 bits per heavy atom. The van der Waals surface area contributed by atoms with E-state index in [4.69, 9.17) is 4.42 Å². The van der Waals surface area contributed by atoms with Gasteiger partial charge in [0.05, 0.1) is 12.3 Å². The average molecular weight is 333 g/mol. The van der Waals surface area contributed by atoms with Crippen LogP contribution in [0.1, 0.15) is 17.4 Å². The molecular formula is C17H20FN3O3. The number of halogens is 1. The van der Waals surface area contributed by atoms with Crippen molar-refractivity contribution in [2.75, 3.05) is 20.6 Å². The van der Waals surface area contributed by atoms with Crippen LogP contribution < -0.4 is 10.6 Å². The van der Waals surface area contributed by atoms with E-state index in [9.17, 15) is 14.0 Å². The Morgan fingerprint density at radius 2 is 1.79 bits per heavy atom. The van der Waals surface area contributed by atoms with Gasteiger partial charge in [0.1, 0.15) is 11.6 Å². The molecule has 0 aliphatic carbocycles. The molecule has 0 fully saturated rings. The summed E-state index contributed by atoms with van der Waals surface area (Å²) < 4.78 is 18.1. The molecule has 1 unspecified atom stereocenters. The lowest BCUT2D eigenvalue weighted by molar-refractivity contribution is -0.139. The van der Waals surface area contributed by atoms with Gasteiger partial charge in [0.25, 0.3) is 0 Å². The van der Waals surface area contributed by atoms with Crippen molar-refractivity contribution < 1.29 is 18.4 Å². The van der Waals surface area contributed by atoms with E-state index >= 15 is 0 Å². The summed E-state index contributed by atoms with van der Waals surface area (Å²) in [6.07, 6.45) is 1.56. The molecule has 0 saturated heterocycles. The Kier molecular flexibility index (Phi) is 6.08. The van der Waals surface area contributed by atoms with E-state index < -0.39 is 11.8 Å². The fraction of sp³-hybridized carbons (Fsp3) is 0.294. The Morgan fingerprint density at radius 1 is 1.12 bits per heavy atom. The molecule has 7 heteroatoms. The zero-order valence-corrected chi connectivity index (χ0v) is 13.6. The summed E-state index contributed by atoms with van der Waals surface area (Å²) in [5.74, 6) is -1.12. The molecule has 2 N–H and O–H groups in total. The van der Waals surface area contributed by atoms with Gasteiger partial charge < -0.3 is 15.1 Å². The van der Waals surface area contributed by atoms with Gasteiger partial charge in [0, 0.05) is 13.1 Å². The number of carbonyl (C=O) groups is 2. The Labute approximate surface area is 139 Å². The van der Waals surface area contributed by atoms with E-state index in [0.29, 0.717) is 11.3 Å². The number of benzene rings is 1. The fourth-order valence-electron chi connectivity index (χ4n) is 2.15. The highest BCUT2D eigenvalue weighted by atomic mass is 19.1. The summed E-state index contributed by atoms with van der Waals surface area (Å²) >= 11 is 0. The maximum atomic E-state index is 12.8. The maximum Gasteiger partial charge on any atom is 0.309 e. The van der Waals surface area contributed by atoms with Crippen LogP contribution in [-0.2, 0) is 16.1 Å². The van der Waals surface area contributed by atoms with Crippen LogP contribution in [0.2, 0.25) is 0 Å². The normalized spacial score (nSPS) is 12.0. The predicted octanol–water partition coefficient (Wildman–Crippen LogP) is 1.45. The molecular weight excluding hydrogens is 313 g/mol. The van der Waals surface area contributed by atoms with Gasteiger partial charge in [-0.2, -0.15) is 0 Å². The molecule has 1 heterocycles. The summed E-state index contributed by atoms with van der Waals surface area (Å²) in [6.45, 7) is 0.394. The van der Waals surface area contributed by atoms with E-state index in [-0.39, 0.29) is 24.9 Å². The lowest BCUT2D eigenvalue weighted by atomic mass is 10.2. The minimum atomic E-state index is -0.740. The van der Waals surface area contributed by atoms with Crippen molar-refractivity contribution in [2.24, 2.45) is 0 Å². The molecule has 1 aromatic heterocycles. The van der Waals surface area contributed by atoms with Crippen molar-refractivity contribution in [3.05, 3.63) is 59.8 Å². The van der Waals surface area contributed by atoms with Crippen molar-refractivity contribution in [1.29, 1.82) is 0 Å². The second kappa shape index (κ2) is 8.26. The molecule has 2 rings (SSSR count). The highest BCUT2D eigenvalue weighted by Gasteiger charge is 2.20. The van der Waals surface area contributed by atoms with Crippen LogP contribution in [0.15, 0.2) is 47.1 Å². The maximum absolute atomic E-state index is 12.8. The number of nitrogens with one attached hydrogen (secondary N) is 2. The van der Waals surface area contributed by atoms with Gasteiger partial charge in [0.2, 0.25) is 0 Å². The van der Waals surface area contributed by atoms with Crippen LogP contribution in [0, 0.1) is 5.82 Å². The number of hydrogen-bond donors (Lipinski definition) is 2. The third-order valence-corrected chi connectivity index (χ3v) is 3.52. The summed E-state index contributed by atoms with van der Waals surface area (Å²) in [5.41, 5.74) is 0.708. The van der Waals surface area contributed by atoms with Crippen LogP contribution in [-0.4, -0.2) is 37.4 Å². The average Bonchev–Trinajstić information content (AvgIpc) is 3.08. The van der Waals surface area contributed by atoms with Crippen molar-refractivity contribution >= 4 is 11.8 Å². The third-order valence-electron chi connectivity index (χ3n) is 3.52. The summed E-state index contributed by atoms with van der Waals surface area (Å²) in [6, 6.07) is 9.10. The Bertz CT molecular complexity index is 669. The Balaban J connectivity index is 1.82. The van der Waals surface area contributed by atoms with Crippen LogP contribution >= 0.6 is 0 Å². The second-order valence-corrected chi connectivity index (χ2v) is 5.51. The van der Waals surface area contributed by atoms with Gasteiger partial charge in [-0.05, 0) is 43.9 Å². The van der Waals surface area contributed by atoms with E-state index in [2.05, 4.69) is 10.6 Å². The molecule has 6 nitrogen and oxygen atoms in total. The Hall–Kier alpha value is -2.67. The highest BCUT2D eigenvalue weighted by molar-refractivity contribution is 6.35. The van der Waals surface area contributed by atoms with Crippen LogP contribution in [0.25, 0.3) is 0 Å². The number of hydrogen-bond acceptors (Lipinski definition) is 4. The second-order valence-electron chi connectivity index (χ2n) is 5.51. The van der Waals surface area contributed by atoms with Crippen LogP contribution in [0.5, 0.6) is 0 Å². The molecule has 2 aromatic rings. The van der Waals surface area contributed by atoms with Crippen LogP contribution in [0.3, 0.4) is 0 Å². The molecule has 0 saturated carbocycles. The fourth-order valence-corrected chi connectivity index (χ4v) is 2.15. The summed E-state index contributed by atoms with van der Waals surface area (Å²) in [5, 5.41) is 5.08. The number of furan rings is 1. The van der Waals surface area contributed by atoms with Crippen LogP contribution in [0.4, 0.5) is 4.39 Å². The van der Waals surface area contributed by atoms with Gasteiger partial charge in [0.15, 0.2) is 0 Å². The number of likely N-dealkylation sites (N-methyl/N-ethyl adjacent to an activating group) is 1. The van der Waals surface area contributed by atoms with Gasteiger partial charge in [-0.3, -0.25) is 14.5 Å². The predicted molar refractivity (Wildman–Crippen MR) is 86.4 cm³/mol. The smallest absolute Gasteiger partial charge is 0.309 e. The molecule has 0 radical (unpaired) electrons. The summed E-state index contributed by atoms with van der Waals surface area (Å²) in [7, 11) is 3.71. The first-order chi connectivity index (χ1) is 11.5. The van der Waals surface area contributed by atoms with E-state index in [1.165, 1.54) is 12.1 Å². The molecule has 2 amide bonds. The van der Waals surface area contributed by atoms with E-state index in [0.717, 1.165) is 0 Å². The molecule has 1 aromatic carbocycles. The molecule has 0 bridgehead atoms. The van der Waals surface area contributed by atoms with Gasteiger partial charge in [-0.15, -0.1) is 0 Å². The standard InChI is InChI=1S/C17H20FN3O3/c1-21(2)14(15-4-3-9-24-15)11-20-17(23)16(22)19-10-12-5-7-13(18)8-6-12/h3-9,14H,10-11H2,1-2H3,(H,19,22)(H,20,23). The number of nitrogens with zero attached hydrogens (tertiary/aromatic N) is 1. The zero-order chi connectivity index (χ0) is 17.5. The molecule has 0 aliphatic heterocycles. The van der Waals surface area contributed by atoms with Crippen molar-refractivity contribution in [1.82, 2.24) is 15.5 Å². The van der Waals surface area contributed by atoms with Gasteiger partial charge in [-0.1, -0.05) is 12.1 Å². The third kappa shape index (κ3) is 4.92. The van der Waals surface area contributed by atoms with Crippen molar-refractivity contribution in [2.45, 2.75) is 12.6 Å². The lowest BCUT2D eigenvalue weighted by Gasteiger charge is -2.22. The lowest BCUT2D eigenvalue weighted by Crippen LogP contribution is -2.42. The highest BCUT2D eigenvalue weighted by Crippen LogP contribution is 2.17. The summed E-state index contributed by atoms with van der Waals surface area (Å²) in [4.78, 5) is 25.6. The minimum absolute atomic E-state index is 0.155. The minimum Gasteiger partial charge on any atom is -0.468 e. The van der Waals surface area contributed by atoms with Gasteiger partial charge in [-0.25, -0.2) is 4.39 Å². The van der Waals surface area contributed by atoms with Crippen molar-refractivity contribution in [3.8, 4) is 0 Å². The number of carbonyl (C=O) groups excluding carboxylic acids is 2.